The van der Waals surface area contributed by atoms with Gasteiger partial charge in [-0.25, -0.2) is 0 Å². The summed E-state index contributed by atoms with van der Waals surface area (Å²) in [6, 6.07) is 0. The van der Waals surface area contributed by atoms with Crippen molar-refractivity contribution in [3.8, 4) is 0 Å². The maximum absolute atomic E-state index is 12.3. The summed E-state index contributed by atoms with van der Waals surface area (Å²) >= 11 is 0. The molecule has 2 saturated heterocycles. The van der Waals surface area contributed by atoms with Crippen LogP contribution in [0, 0.1) is 57.7 Å². The second-order valence-electron chi connectivity index (χ2n) is 18.7. The zero-order valence-corrected chi connectivity index (χ0v) is 33.6. The predicted octanol–water partition coefficient (Wildman–Crippen LogP) is 6.53. The Morgan fingerprint density at radius 1 is 0.920 bits per heavy atom. The van der Waals surface area contributed by atoms with Crippen LogP contribution in [0.3, 0.4) is 0 Å². The molecule has 6 fully saturated rings. The zero-order valence-electron chi connectivity index (χ0n) is 32.7. The molecule has 0 amide bonds. The molecule has 0 aromatic carbocycles. The molecular weight excluding hydrogens is 660 g/mol. The van der Waals surface area contributed by atoms with E-state index in [1.165, 1.54) is 0 Å². The highest BCUT2D eigenvalue weighted by Gasteiger charge is 2.70. The quantitative estimate of drug-likeness (QED) is 0.176. The fourth-order valence-electron chi connectivity index (χ4n) is 12.4. The molecule has 6 aliphatic rings. The highest BCUT2D eigenvalue weighted by atomic mass is 32.2. The van der Waals surface area contributed by atoms with Crippen molar-refractivity contribution in [2.75, 3.05) is 32.7 Å². The molecule has 10 nitrogen and oxygen atoms in total. The van der Waals surface area contributed by atoms with Crippen LogP contribution in [0.25, 0.3) is 0 Å². The van der Waals surface area contributed by atoms with Crippen molar-refractivity contribution < 1.29 is 46.1 Å². The van der Waals surface area contributed by atoms with Crippen molar-refractivity contribution in [2.24, 2.45) is 57.7 Å². The molecule has 4 aliphatic carbocycles. The molecule has 1 N–H and O–H groups in total. The van der Waals surface area contributed by atoms with Crippen molar-refractivity contribution in [2.45, 2.75) is 156 Å². The third-order valence-corrected chi connectivity index (χ3v) is 15.6. The van der Waals surface area contributed by atoms with E-state index in [-0.39, 0.29) is 47.4 Å². The van der Waals surface area contributed by atoms with E-state index in [9.17, 15) is 13.5 Å². The topological polar surface area (TPSA) is 119 Å². The summed E-state index contributed by atoms with van der Waals surface area (Å²) in [5.41, 5.74) is -0.524. The van der Waals surface area contributed by atoms with Crippen molar-refractivity contribution in [3.63, 3.8) is 0 Å². The van der Waals surface area contributed by atoms with Crippen LogP contribution < -0.4 is 0 Å². The van der Waals surface area contributed by atoms with Gasteiger partial charge in [0.25, 0.3) is 10.1 Å². The van der Waals surface area contributed by atoms with Crippen LogP contribution in [0.1, 0.15) is 114 Å². The standard InChI is InChI=1S/C39H68O10S/c1-12-43-25(4)47-34(24(3)35(5,6)22-46-50(11,41)42)33(40)23(2)27-13-14-28-26-20-39(44-17-18-45-39)32-19-30-31(49-36(7,8)48-30)21-38(32,10)29(26)15-16-37(27,28)9/h23-34,40H,12-22H2,1-11H3/t23-,24+,25?,26-,27+,28-,29-,30-,31+,32-,33+,34+,37+,38+/m0/s1. The zero-order chi connectivity index (χ0) is 36.7. The number of hydrogen-bond acceptors (Lipinski definition) is 10. The van der Waals surface area contributed by atoms with E-state index in [4.69, 9.17) is 32.6 Å². The summed E-state index contributed by atoms with van der Waals surface area (Å²) in [4.78, 5) is 0. The van der Waals surface area contributed by atoms with Crippen LogP contribution in [0.5, 0.6) is 0 Å². The first-order chi connectivity index (χ1) is 23.2. The number of ether oxygens (including phenoxy) is 6. The third kappa shape index (κ3) is 7.00. The lowest BCUT2D eigenvalue weighted by atomic mass is 9.42. The SMILES string of the molecule is CCOC(C)O[C@@H]([C@H](O)[C@@H](C)[C@H]1CC[C@H]2[C@@H]3CC4(OCCO4)[C@H]4C[C@@H]5OC(C)(C)O[C@@H]5C[C@]4(C)[C@H]3CC[C@]12C)[C@@H](C)C(C)(C)COS(C)(=O)=O. The summed E-state index contributed by atoms with van der Waals surface area (Å²) in [5.74, 6) is 0.657. The number of aliphatic hydroxyl groups is 1. The van der Waals surface area contributed by atoms with Crippen LogP contribution >= 0.6 is 0 Å². The Kier molecular flexibility index (Phi) is 10.8. The molecule has 2 aliphatic heterocycles. The lowest BCUT2D eigenvalue weighted by Crippen LogP contribution is -2.65. The second kappa shape index (κ2) is 13.7. The largest absolute Gasteiger partial charge is 0.390 e. The van der Waals surface area contributed by atoms with Gasteiger partial charge in [0.1, 0.15) is 0 Å². The molecule has 6 rings (SSSR count). The lowest BCUT2D eigenvalue weighted by Gasteiger charge is -2.65. The minimum atomic E-state index is -3.62. The molecule has 50 heavy (non-hydrogen) atoms. The van der Waals surface area contributed by atoms with Gasteiger partial charge in [-0.15, -0.1) is 0 Å². The normalized spacial score (nSPS) is 42.2. The summed E-state index contributed by atoms with van der Waals surface area (Å²) < 4.78 is 67.9. The van der Waals surface area contributed by atoms with Crippen LogP contribution in [0.4, 0.5) is 0 Å². The molecule has 0 bridgehead atoms. The van der Waals surface area contributed by atoms with Crippen molar-refractivity contribution in [3.05, 3.63) is 0 Å². The van der Waals surface area contributed by atoms with E-state index >= 15 is 0 Å². The minimum Gasteiger partial charge on any atom is -0.390 e. The maximum atomic E-state index is 12.3. The first-order valence-corrected chi connectivity index (χ1v) is 21.4. The summed E-state index contributed by atoms with van der Waals surface area (Å²) in [5, 5.41) is 12.3. The highest BCUT2D eigenvalue weighted by molar-refractivity contribution is 7.85. The van der Waals surface area contributed by atoms with E-state index < -0.39 is 45.6 Å². The molecule has 0 aromatic heterocycles. The molecule has 4 saturated carbocycles. The maximum Gasteiger partial charge on any atom is 0.264 e. The molecule has 0 aromatic rings. The Hall–Kier alpha value is -0.370. The Labute approximate surface area is 302 Å². The Balaban J connectivity index is 1.25. The van der Waals surface area contributed by atoms with E-state index in [0.29, 0.717) is 43.5 Å². The van der Waals surface area contributed by atoms with Gasteiger partial charge in [-0.05, 0) is 118 Å². The van der Waals surface area contributed by atoms with E-state index in [1.54, 1.807) is 0 Å². The summed E-state index contributed by atoms with van der Waals surface area (Å²) in [6.45, 7) is 22.8. The molecule has 290 valence electrons. The van der Waals surface area contributed by atoms with Gasteiger partial charge in [-0.2, -0.15) is 8.42 Å². The van der Waals surface area contributed by atoms with Gasteiger partial charge in [0.15, 0.2) is 17.9 Å². The van der Waals surface area contributed by atoms with Crippen LogP contribution in [-0.4, -0.2) is 88.5 Å². The first kappa shape index (κ1) is 39.3. The number of hydrogen-bond donors (Lipinski definition) is 1. The van der Waals surface area contributed by atoms with Gasteiger partial charge in [0.05, 0.1) is 50.5 Å². The second-order valence-corrected chi connectivity index (χ2v) is 20.4. The van der Waals surface area contributed by atoms with Gasteiger partial charge < -0.3 is 33.5 Å². The Morgan fingerprint density at radius 2 is 1.56 bits per heavy atom. The monoisotopic (exact) mass is 728 g/mol. The van der Waals surface area contributed by atoms with E-state index in [0.717, 1.165) is 51.2 Å². The molecule has 11 heteroatoms. The number of fused-ring (bicyclic) bond motifs is 7. The molecule has 14 atom stereocenters. The van der Waals surface area contributed by atoms with Gasteiger partial charge in [0, 0.05) is 18.9 Å². The number of rotatable bonds is 12. The van der Waals surface area contributed by atoms with Crippen molar-refractivity contribution in [1.29, 1.82) is 0 Å². The highest BCUT2D eigenvalue weighted by Crippen LogP contribution is 2.71. The van der Waals surface area contributed by atoms with Gasteiger partial charge >= 0.3 is 0 Å². The average molecular weight is 729 g/mol. The third-order valence-electron chi connectivity index (χ3n) is 15.0. The molecule has 1 spiro atoms. The van der Waals surface area contributed by atoms with Gasteiger partial charge in [0.2, 0.25) is 0 Å². The van der Waals surface area contributed by atoms with Crippen LogP contribution in [0.15, 0.2) is 0 Å². The Morgan fingerprint density at radius 3 is 2.20 bits per heavy atom. The fraction of sp³-hybridized carbons (Fsp3) is 1.00. The van der Waals surface area contributed by atoms with Crippen LogP contribution in [-0.2, 0) is 42.7 Å². The smallest absolute Gasteiger partial charge is 0.264 e. The average Bonchev–Trinajstić information content (AvgIpc) is 3.71. The first-order valence-electron chi connectivity index (χ1n) is 19.6. The van der Waals surface area contributed by atoms with Crippen LogP contribution in [0.2, 0.25) is 0 Å². The fourth-order valence-corrected chi connectivity index (χ4v) is 12.9. The van der Waals surface area contributed by atoms with Crippen molar-refractivity contribution in [1.82, 2.24) is 0 Å². The predicted molar refractivity (Wildman–Crippen MR) is 189 cm³/mol. The minimum absolute atomic E-state index is 0.00514. The van der Waals surface area contributed by atoms with E-state index in [1.807, 2.05) is 48.5 Å². The molecular formula is C39H68O10S. The Bertz CT molecular complexity index is 1310. The van der Waals surface area contributed by atoms with E-state index in [2.05, 4.69) is 20.8 Å². The summed E-state index contributed by atoms with van der Waals surface area (Å²) in [6.07, 6.45) is 6.62. The van der Waals surface area contributed by atoms with Crippen molar-refractivity contribution >= 4 is 10.1 Å². The number of aliphatic hydroxyl groups excluding tert-OH is 1. The summed E-state index contributed by atoms with van der Waals surface area (Å²) in [7, 11) is -3.62. The van der Waals surface area contributed by atoms with Gasteiger partial charge in [-0.3, -0.25) is 4.18 Å². The molecule has 1 unspecified atom stereocenters. The molecule has 2 heterocycles. The van der Waals surface area contributed by atoms with Gasteiger partial charge in [-0.1, -0.05) is 41.5 Å². The molecule has 0 radical (unpaired) electrons. The lowest BCUT2D eigenvalue weighted by molar-refractivity contribution is -0.301.